The first-order valence-electron chi connectivity index (χ1n) is 5.18. The van der Waals surface area contributed by atoms with E-state index in [9.17, 15) is 9.59 Å². The van der Waals surface area contributed by atoms with Crippen molar-refractivity contribution in [1.29, 1.82) is 0 Å². The molecule has 2 aliphatic rings. The van der Waals surface area contributed by atoms with Crippen molar-refractivity contribution in [2.24, 2.45) is 5.41 Å². The van der Waals surface area contributed by atoms with Gasteiger partial charge in [-0.2, -0.15) is 0 Å². The second kappa shape index (κ2) is 3.26. The van der Waals surface area contributed by atoms with Crippen LogP contribution in [0.25, 0.3) is 0 Å². The van der Waals surface area contributed by atoms with E-state index in [4.69, 9.17) is 5.11 Å². The monoisotopic (exact) mass is 197 g/mol. The molecule has 2 fully saturated rings. The zero-order valence-corrected chi connectivity index (χ0v) is 8.08. The summed E-state index contributed by atoms with van der Waals surface area (Å²) < 4.78 is 0. The quantitative estimate of drug-likeness (QED) is 0.614. The Balaban J connectivity index is 1.93. The molecule has 1 atom stereocenters. The van der Waals surface area contributed by atoms with Crippen molar-refractivity contribution in [2.45, 2.75) is 44.6 Å². The molecule has 14 heavy (non-hydrogen) atoms. The fourth-order valence-electron chi connectivity index (χ4n) is 2.82. The number of aliphatic carboxylic acids is 1. The van der Waals surface area contributed by atoms with Crippen molar-refractivity contribution in [2.75, 3.05) is 0 Å². The van der Waals surface area contributed by atoms with Crippen molar-refractivity contribution in [1.82, 2.24) is 5.32 Å². The van der Waals surface area contributed by atoms with Gasteiger partial charge in [0.2, 0.25) is 0 Å². The standard InChI is InChI=1S/C10H15NO3/c12-8(9(13)14)11-7-3-6-10(7)4-1-2-5-10/h7H,1-6H2,(H,11,12)(H,13,14). The normalized spacial score (nSPS) is 28.4. The maximum Gasteiger partial charge on any atom is 0.394 e. The van der Waals surface area contributed by atoms with Crippen LogP contribution in [0.15, 0.2) is 0 Å². The van der Waals surface area contributed by atoms with E-state index in [-0.39, 0.29) is 11.5 Å². The molecular weight excluding hydrogens is 182 g/mol. The Hall–Kier alpha value is -1.06. The van der Waals surface area contributed by atoms with E-state index in [1.807, 2.05) is 0 Å². The summed E-state index contributed by atoms with van der Waals surface area (Å²) in [5, 5.41) is 11.1. The minimum absolute atomic E-state index is 0.119. The lowest BCUT2D eigenvalue weighted by molar-refractivity contribution is -0.151. The summed E-state index contributed by atoms with van der Waals surface area (Å²) in [4.78, 5) is 21.3. The number of carbonyl (C=O) groups is 2. The van der Waals surface area contributed by atoms with Gasteiger partial charge in [-0.1, -0.05) is 12.8 Å². The molecule has 0 radical (unpaired) electrons. The van der Waals surface area contributed by atoms with Gasteiger partial charge in [-0.05, 0) is 31.1 Å². The lowest BCUT2D eigenvalue weighted by atomic mass is 9.63. The molecule has 1 spiro atoms. The summed E-state index contributed by atoms with van der Waals surface area (Å²) in [6.45, 7) is 0. The van der Waals surface area contributed by atoms with E-state index in [0.717, 1.165) is 25.7 Å². The van der Waals surface area contributed by atoms with Gasteiger partial charge in [0, 0.05) is 6.04 Å². The highest BCUT2D eigenvalue weighted by Crippen LogP contribution is 2.53. The van der Waals surface area contributed by atoms with Crippen LogP contribution in [0.4, 0.5) is 0 Å². The van der Waals surface area contributed by atoms with Crippen LogP contribution in [-0.2, 0) is 9.59 Å². The molecule has 2 aliphatic carbocycles. The number of hydrogen-bond donors (Lipinski definition) is 2. The summed E-state index contributed by atoms with van der Waals surface area (Å²) in [7, 11) is 0. The highest BCUT2D eigenvalue weighted by molar-refractivity contribution is 6.31. The van der Waals surface area contributed by atoms with E-state index < -0.39 is 11.9 Å². The molecule has 1 amide bonds. The number of rotatable bonds is 1. The smallest absolute Gasteiger partial charge is 0.394 e. The Kier molecular flexibility index (Phi) is 2.21. The topological polar surface area (TPSA) is 66.4 Å². The summed E-state index contributed by atoms with van der Waals surface area (Å²) in [5.74, 6) is -2.22. The number of amides is 1. The third kappa shape index (κ3) is 1.38. The Labute approximate surface area is 82.7 Å². The second-order valence-electron chi connectivity index (χ2n) is 4.44. The van der Waals surface area contributed by atoms with E-state index in [1.165, 1.54) is 12.8 Å². The number of carboxylic acids is 1. The summed E-state index contributed by atoms with van der Waals surface area (Å²) in [6, 6.07) is 0.119. The first kappa shape index (κ1) is 9.49. The lowest BCUT2D eigenvalue weighted by Crippen LogP contribution is -2.55. The van der Waals surface area contributed by atoms with Gasteiger partial charge < -0.3 is 10.4 Å². The van der Waals surface area contributed by atoms with Crippen LogP contribution in [0.1, 0.15) is 38.5 Å². The van der Waals surface area contributed by atoms with Crippen LogP contribution in [-0.4, -0.2) is 23.0 Å². The van der Waals surface area contributed by atoms with E-state index in [1.54, 1.807) is 0 Å². The highest BCUT2D eigenvalue weighted by atomic mass is 16.4. The average molecular weight is 197 g/mol. The van der Waals surface area contributed by atoms with E-state index in [2.05, 4.69) is 5.32 Å². The van der Waals surface area contributed by atoms with Crippen molar-refractivity contribution < 1.29 is 14.7 Å². The molecule has 78 valence electrons. The number of carboxylic acid groups (broad SMARTS) is 1. The molecule has 0 aromatic carbocycles. The first-order valence-corrected chi connectivity index (χ1v) is 5.18. The van der Waals surface area contributed by atoms with Gasteiger partial charge in [-0.15, -0.1) is 0 Å². The van der Waals surface area contributed by atoms with E-state index in [0.29, 0.717) is 0 Å². The molecule has 0 saturated heterocycles. The summed E-state index contributed by atoms with van der Waals surface area (Å²) in [6.07, 6.45) is 6.84. The lowest BCUT2D eigenvalue weighted by Gasteiger charge is -2.47. The number of hydrogen-bond acceptors (Lipinski definition) is 2. The average Bonchev–Trinajstić information content (AvgIpc) is 2.62. The molecule has 0 heterocycles. The Morgan fingerprint density at radius 3 is 2.29 bits per heavy atom. The minimum Gasteiger partial charge on any atom is -0.474 e. The van der Waals surface area contributed by atoms with Gasteiger partial charge in [-0.3, -0.25) is 4.79 Å². The summed E-state index contributed by atoms with van der Waals surface area (Å²) >= 11 is 0. The summed E-state index contributed by atoms with van der Waals surface area (Å²) in [5.41, 5.74) is 0.255. The maximum atomic E-state index is 11.0. The Morgan fingerprint density at radius 2 is 1.86 bits per heavy atom. The van der Waals surface area contributed by atoms with Gasteiger partial charge >= 0.3 is 11.9 Å². The molecule has 4 nitrogen and oxygen atoms in total. The Morgan fingerprint density at radius 1 is 1.21 bits per heavy atom. The van der Waals surface area contributed by atoms with E-state index >= 15 is 0 Å². The highest BCUT2D eigenvalue weighted by Gasteiger charge is 2.48. The molecular formula is C10H15NO3. The zero-order chi connectivity index (χ0) is 10.2. The van der Waals surface area contributed by atoms with Crippen LogP contribution >= 0.6 is 0 Å². The van der Waals surface area contributed by atoms with Crippen LogP contribution in [0.3, 0.4) is 0 Å². The third-order valence-corrected chi connectivity index (χ3v) is 3.77. The van der Waals surface area contributed by atoms with Gasteiger partial charge in [0.05, 0.1) is 0 Å². The fourth-order valence-corrected chi connectivity index (χ4v) is 2.82. The van der Waals surface area contributed by atoms with Crippen LogP contribution in [0.5, 0.6) is 0 Å². The number of carbonyl (C=O) groups excluding carboxylic acids is 1. The van der Waals surface area contributed by atoms with Crippen molar-refractivity contribution in [3.63, 3.8) is 0 Å². The molecule has 2 saturated carbocycles. The largest absolute Gasteiger partial charge is 0.474 e. The van der Waals surface area contributed by atoms with Gasteiger partial charge in [0.25, 0.3) is 0 Å². The van der Waals surface area contributed by atoms with Crippen LogP contribution in [0, 0.1) is 5.41 Å². The molecule has 0 bridgehead atoms. The number of nitrogens with one attached hydrogen (secondary N) is 1. The van der Waals surface area contributed by atoms with Gasteiger partial charge in [0.15, 0.2) is 0 Å². The minimum atomic E-state index is -1.37. The fraction of sp³-hybridized carbons (Fsp3) is 0.800. The van der Waals surface area contributed by atoms with Gasteiger partial charge in [0.1, 0.15) is 0 Å². The molecule has 0 aromatic rings. The van der Waals surface area contributed by atoms with Crippen LogP contribution < -0.4 is 5.32 Å². The van der Waals surface area contributed by atoms with Gasteiger partial charge in [-0.25, -0.2) is 4.79 Å². The van der Waals surface area contributed by atoms with Crippen molar-refractivity contribution in [3.05, 3.63) is 0 Å². The Bertz CT molecular complexity index is 269. The molecule has 2 rings (SSSR count). The molecule has 1 unspecified atom stereocenters. The second-order valence-corrected chi connectivity index (χ2v) is 4.44. The third-order valence-electron chi connectivity index (χ3n) is 3.77. The molecule has 2 N–H and O–H groups in total. The van der Waals surface area contributed by atoms with Crippen LogP contribution in [0.2, 0.25) is 0 Å². The predicted octanol–water partition coefficient (Wildman–Crippen LogP) is 0.910. The molecule has 0 aliphatic heterocycles. The van der Waals surface area contributed by atoms with Crippen molar-refractivity contribution in [3.8, 4) is 0 Å². The SMILES string of the molecule is O=C(O)C(=O)NC1CCC12CCCC2. The predicted molar refractivity (Wildman–Crippen MR) is 49.7 cm³/mol. The molecule has 4 heteroatoms. The molecule has 0 aromatic heterocycles. The zero-order valence-electron chi connectivity index (χ0n) is 8.08. The maximum absolute atomic E-state index is 11.0. The van der Waals surface area contributed by atoms with Crippen molar-refractivity contribution >= 4 is 11.9 Å². The first-order chi connectivity index (χ1) is 6.64.